The lowest BCUT2D eigenvalue weighted by molar-refractivity contribution is -0.384. The first-order valence-electron chi connectivity index (χ1n) is 5.40. The molecule has 112 valence electrons. The molecule has 0 heterocycles. The van der Waals surface area contributed by atoms with Crippen LogP contribution in [-0.4, -0.2) is 44.7 Å². The van der Waals surface area contributed by atoms with Crippen LogP contribution >= 0.6 is 0 Å². The second kappa shape index (κ2) is 6.09. The maximum atomic E-state index is 12.2. The van der Waals surface area contributed by atoms with Crippen LogP contribution in [0, 0.1) is 10.1 Å². The fourth-order valence-electron chi connectivity index (χ4n) is 1.51. The van der Waals surface area contributed by atoms with E-state index in [1.165, 1.54) is 7.05 Å². The summed E-state index contributed by atoms with van der Waals surface area (Å²) in [6, 6.07) is 3.06. The molecular formula is C10H13F2N3O4S. The summed E-state index contributed by atoms with van der Waals surface area (Å²) in [5, 5.41) is 13.2. The van der Waals surface area contributed by atoms with Crippen molar-refractivity contribution in [2.45, 2.75) is 11.3 Å². The standard InChI is InChI=1S/C10H13F2N3O4S/c1-13-8-5-7(3-4-9(8)15(16)17)20(18,19)14(2)6-10(11)12/h3-5,10,13H,6H2,1-2H3. The molecular weight excluding hydrogens is 296 g/mol. The number of alkyl halides is 2. The van der Waals surface area contributed by atoms with Gasteiger partial charge in [0.25, 0.3) is 12.1 Å². The van der Waals surface area contributed by atoms with Crippen LogP contribution in [0.1, 0.15) is 0 Å². The number of hydrogen-bond acceptors (Lipinski definition) is 5. The molecule has 0 aliphatic carbocycles. The number of halogens is 2. The molecule has 0 spiro atoms. The summed E-state index contributed by atoms with van der Waals surface area (Å²) in [4.78, 5) is 9.76. The van der Waals surface area contributed by atoms with E-state index in [0.717, 1.165) is 25.2 Å². The van der Waals surface area contributed by atoms with E-state index >= 15 is 0 Å². The van der Waals surface area contributed by atoms with Gasteiger partial charge < -0.3 is 5.32 Å². The molecule has 0 fully saturated rings. The summed E-state index contributed by atoms with van der Waals surface area (Å²) >= 11 is 0. The highest BCUT2D eigenvalue weighted by Gasteiger charge is 2.25. The van der Waals surface area contributed by atoms with Crippen molar-refractivity contribution in [2.24, 2.45) is 0 Å². The van der Waals surface area contributed by atoms with Crippen molar-refractivity contribution in [1.82, 2.24) is 4.31 Å². The summed E-state index contributed by atoms with van der Waals surface area (Å²) in [5.74, 6) is 0. The van der Waals surface area contributed by atoms with E-state index in [1.54, 1.807) is 0 Å². The zero-order valence-electron chi connectivity index (χ0n) is 10.7. The van der Waals surface area contributed by atoms with Crippen LogP contribution in [0.4, 0.5) is 20.2 Å². The van der Waals surface area contributed by atoms with Gasteiger partial charge in [-0.3, -0.25) is 10.1 Å². The van der Waals surface area contributed by atoms with Crippen molar-refractivity contribution in [3.05, 3.63) is 28.3 Å². The summed E-state index contributed by atoms with van der Waals surface area (Å²) in [6.45, 7) is -0.950. The SMILES string of the molecule is CNc1cc(S(=O)(=O)N(C)CC(F)F)ccc1[N+](=O)[O-]. The van der Waals surface area contributed by atoms with Crippen molar-refractivity contribution in [1.29, 1.82) is 0 Å². The second-order valence-electron chi connectivity index (χ2n) is 3.86. The summed E-state index contributed by atoms with van der Waals surface area (Å²) < 4.78 is 49.0. The zero-order valence-corrected chi connectivity index (χ0v) is 11.5. The molecule has 0 unspecified atom stereocenters. The first kappa shape index (κ1) is 16.2. The third-order valence-electron chi connectivity index (χ3n) is 2.54. The summed E-state index contributed by atoms with van der Waals surface area (Å²) in [5.41, 5.74) is -0.315. The molecule has 1 aromatic rings. The Balaban J connectivity index is 3.23. The molecule has 7 nitrogen and oxygen atoms in total. The quantitative estimate of drug-likeness (QED) is 0.635. The molecule has 20 heavy (non-hydrogen) atoms. The average molecular weight is 309 g/mol. The molecule has 1 aromatic carbocycles. The van der Waals surface area contributed by atoms with Gasteiger partial charge in [-0.05, 0) is 12.1 Å². The zero-order chi connectivity index (χ0) is 15.5. The fourth-order valence-corrected chi connectivity index (χ4v) is 2.68. The molecule has 0 aliphatic heterocycles. The van der Waals surface area contributed by atoms with Crippen molar-refractivity contribution in [3.63, 3.8) is 0 Å². The minimum atomic E-state index is -4.12. The topological polar surface area (TPSA) is 92.6 Å². The number of hydrogen-bond donors (Lipinski definition) is 1. The first-order valence-corrected chi connectivity index (χ1v) is 6.85. The highest BCUT2D eigenvalue weighted by atomic mass is 32.2. The molecule has 0 saturated carbocycles. The van der Waals surface area contributed by atoms with E-state index in [1.807, 2.05) is 0 Å². The lowest BCUT2D eigenvalue weighted by Crippen LogP contribution is -2.31. The molecule has 0 radical (unpaired) electrons. The predicted octanol–water partition coefficient (Wildman–Crippen LogP) is 1.52. The smallest absolute Gasteiger partial charge is 0.292 e. The number of nitrogens with zero attached hydrogens (tertiary/aromatic N) is 2. The Labute approximate surface area is 114 Å². The van der Waals surface area contributed by atoms with Crippen molar-refractivity contribution >= 4 is 21.4 Å². The molecule has 0 aromatic heterocycles. The van der Waals surface area contributed by atoms with Gasteiger partial charge in [-0.2, -0.15) is 4.31 Å². The fraction of sp³-hybridized carbons (Fsp3) is 0.400. The lowest BCUT2D eigenvalue weighted by Gasteiger charge is -2.17. The molecule has 1 rings (SSSR count). The molecule has 0 bridgehead atoms. The number of nitro benzene ring substituents is 1. The largest absolute Gasteiger partial charge is 0.383 e. The van der Waals surface area contributed by atoms with Crippen molar-refractivity contribution in [3.8, 4) is 0 Å². The number of sulfonamides is 1. The summed E-state index contributed by atoms with van der Waals surface area (Å²) in [7, 11) is -1.71. The Morgan fingerprint density at radius 3 is 2.50 bits per heavy atom. The predicted molar refractivity (Wildman–Crippen MR) is 68.5 cm³/mol. The Morgan fingerprint density at radius 2 is 2.05 bits per heavy atom. The van der Waals surface area contributed by atoms with Crippen LogP contribution in [0.3, 0.4) is 0 Å². The molecule has 10 heteroatoms. The van der Waals surface area contributed by atoms with Gasteiger partial charge in [0.2, 0.25) is 10.0 Å². The Hall–Kier alpha value is -1.81. The van der Waals surface area contributed by atoms with E-state index in [9.17, 15) is 27.3 Å². The second-order valence-corrected chi connectivity index (χ2v) is 5.91. The van der Waals surface area contributed by atoms with Crippen molar-refractivity contribution in [2.75, 3.05) is 26.0 Å². The van der Waals surface area contributed by atoms with E-state index in [-0.39, 0.29) is 16.3 Å². The number of benzene rings is 1. The van der Waals surface area contributed by atoms with Crippen LogP contribution < -0.4 is 5.32 Å². The van der Waals surface area contributed by atoms with Gasteiger partial charge in [-0.25, -0.2) is 17.2 Å². The third-order valence-corrected chi connectivity index (χ3v) is 4.36. The molecule has 0 aliphatic rings. The van der Waals surface area contributed by atoms with E-state index in [0.29, 0.717) is 4.31 Å². The highest BCUT2D eigenvalue weighted by Crippen LogP contribution is 2.28. The Kier molecular flexibility index (Phi) is 4.95. The molecule has 0 saturated heterocycles. The van der Waals surface area contributed by atoms with Crippen LogP contribution in [0.15, 0.2) is 23.1 Å². The van der Waals surface area contributed by atoms with Crippen molar-refractivity contribution < 1.29 is 22.1 Å². The van der Waals surface area contributed by atoms with E-state index in [4.69, 9.17) is 0 Å². The maximum Gasteiger partial charge on any atom is 0.292 e. The third kappa shape index (κ3) is 3.39. The minimum Gasteiger partial charge on any atom is -0.383 e. The van der Waals surface area contributed by atoms with Gasteiger partial charge in [0.15, 0.2) is 0 Å². The molecule has 0 atom stereocenters. The first-order chi connectivity index (χ1) is 9.20. The average Bonchev–Trinajstić information content (AvgIpc) is 2.36. The van der Waals surface area contributed by atoms with Gasteiger partial charge in [0, 0.05) is 20.2 Å². The molecule has 1 N–H and O–H groups in total. The van der Waals surface area contributed by atoms with Gasteiger partial charge in [0.05, 0.1) is 16.4 Å². The number of nitrogens with one attached hydrogen (secondary N) is 1. The summed E-state index contributed by atoms with van der Waals surface area (Å²) in [6.07, 6.45) is -2.81. The number of nitro groups is 1. The Morgan fingerprint density at radius 1 is 1.45 bits per heavy atom. The van der Waals surface area contributed by atoms with Crippen LogP contribution in [0.25, 0.3) is 0 Å². The monoisotopic (exact) mass is 309 g/mol. The number of rotatable bonds is 6. The van der Waals surface area contributed by atoms with Gasteiger partial charge in [-0.15, -0.1) is 0 Å². The van der Waals surface area contributed by atoms with Crippen LogP contribution in [-0.2, 0) is 10.0 Å². The number of anilines is 1. The van der Waals surface area contributed by atoms with Crippen LogP contribution in [0.5, 0.6) is 0 Å². The van der Waals surface area contributed by atoms with E-state index < -0.39 is 27.9 Å². The Bertz CT molecular complexity index is 607. The van der Waals surface area contributed by atoms with Gasteiger partial charge >= 0.3 is 0 Å². The van der Waals surface area contributed by atoms with Gasteiger partial charge in [0.1, 0.15) is 5.69 Å². The maximum absolute atomic E-state index is 12.2. The van der Waals surface area contributed by atoms with Gasteiger partial charge in [-0.1, -0.05) is 0 Å². The lowest BCUT2D eigenvalue weighted by atomic mass is 10.3. The minimum absolute atomic E-state index is 0.0125. The highest BCUT2D eigenvalue weighted by molar-refractivity contribution is 7.89. The normalized spacial score (nSPS) is 11.9. The van der Waals surface area contributed by atoms with E-state index in [2.05, 4.69) is 5.32 Å². The van der Waals surface area contributed by atoms with Crippen LogP contribution in [0.2, 0.25) is 0 Å². The molecule has 0 amide bonds.